The normalized spacial score (nSPS) is 23.5. The molecule has 2 aromatic carbocycles. The lowest BCUT2D eigenvalue weighted by Crippen LogP contribution is -2.45. The summed E-state index contributed by atoms with van der Waals surface area (Å²) in [5.41, 5.74) is -3.93. The predicted octanol–water partition coefficient (Wildman–Crippen LogP) is 2.97. The molecule has 0 spiro atoms. The minimum absolute atomic E-state index is 0.0433. The molecule has 0 aliphatic carbocycles. The molecule has 1 aliphatic heterocycles. The smallest absolute Gasteiger partial charge is 0.395 e. The molecule has 6 atom stereocenters. The van der Waals surface area contributed by atoms with Gasteiger partial charge in [-0.25, -0.2) is 14.0 Å². The van der Waals surface area contributed by atoms with Gasteiger partial charge in [-0.3, -0.25) is 18.9 Å². The van der Waals surface area contributed by atoms with E-state index >= 15 is 4.39 Å². The number of carbonyl (C=O) groups excluding carboxylic acids is 1. The van der Waals surface area contributed by atoms with Gasteiger partial charge in [-0.1, -0.05) is 55.8 Å². The number of hydrogen-bond donors (Lipinski definition) is 2. The van der Waals surface area contributed by atoms with Gasteiger partial charge in [0.05, 0.1) is 6.61 Å². The van der Waals surface area contributed by atoms with Crippen LogP contribution in [0.1, 0.15) is 40.8 Å². The Kier molecular flexibility index (Phi) is 9.17. The third kappa shape index (κ3) is 7.04. The van der Waals surface area contributed by atoms with Crippen molar-refractivity contribution in [2.24, 2.45) is 10.2 Å². The molecule has 0 bridgehead atoms. The number of esters is 1. The summed E-state index contributed by atoms with van der Waals surface area (Å²) < 4.78 is 42.6. The highest BCUT2D eigenvalue weighted by Crippen LogP contribution is 2.42. The van der Waals surface area contributed by atoms with Crippen molar-refractivity contribution < 1.29 is 37.9 Å². The number of fused-ring (bicyclic) bond motifs is 1. The molecule has 1 unspecified atom stereocenters. The third-order valence-corrected chi connectivity index (χ3v) is 7.34. The number of nitrogens with one attached hydrogen (secondary N) is 1. The van der Waals surface area contributed by atoms with Crippen LogP contribution in [-0.2, 0) is 14.3 Å². The zero-order valence-corrected chi connectivity index (χ0v) is 24.7. The number of hydrogen-bond acceptors (Lipinski definition) is 10. The van der Waals surface area contributed by atoms with Gasteiger partial charge in [-0.15, -0.1) is 0 Å². The van der Waals surface area contributed by atoms with E-state index in [-0.39, 0.29) is 23.5 Å². The van der Waals surface area contributed by atoms with Crippen LogP contribution < -0.4 is 25.4 Å². The van der Waals surface area contributed by atoms with Gasteiger partial charge in [0.15, 0.2) is 24.2 Å². The molecule has 1 aromatic heterocycles. The molecular weight excluding hydrogens is 572 g/mol. The Labute approximate surface area is 241 Å². The molecule has 42 heavy (non-hydrogen) atoms. The Morgan fingerprint density at radius 2 is 1.98 bits per heavy atom. The van der Waals surface area contributed by atoms with Gasteiger partial charge >= 0.3 is 19.8 Å². The number of carbonyl (C=O) groups is 1. The second-order valence-electron chi connectivity index (χ2n) is 11.4. The average molecular weight is 606 g/mol. The van der Waals surface area contributed by atoms with Crippen LogP contribution in [0.15, 0.2) is 63.0 Å². The molecule has 0 radical (unpaired) electrons. The number of halogens is 1. The van der Waals surface area contributed by atoms with Gasteiger partial charge in [0.2, 0.25) is 5.75 Å². The van der Waals surface area contributed by atoms with Crippen LogP contribution >= 0.6 is 8.17 Å². The number of aromatic nitrogens is 2. The van der Waals surface area contributed by atoms with E-state index in [1.54, 1.807) is 30.3 Å². The van der Waals surface area contributed by atoms with Gasteiger partial charge in [0, 0.05) is 17.6 Å². The zero-order valence-electron chi connectivity index (χ0n) is 23.8. The maximum absolute atomic E-state index is 15.4. The molecule has 12 nitrogen and oxygen atoms in total. The molecule has 4 rings (SSSR count). The van der Waals surface area contributed by atoms with Crippen molar-refractivity contribution in [1.82, 2.24) is 9.55 Å². The first-order valence-corrected chi connectivity index (χ1v) is 14.3. The van der Waals surface area contributed by atoms with Crippen molar-refractivity contribution in [3.8, 4) is 11.5 Å². The lowest BCUT2D eigenvalue weighted by molar-refractivity contribution is -0.169. The summed E-state index contributed by atoms with van der Waals surface area (Å²) in [5.74, 6) is -0.529. The summed E-state index contributed by atoms with van der Waals surface area (Å²) in [5, 5.41) is 12.1. The number of alkyl halides is 1. The maximum Gasteiger partial charge on any atom is 0.395 e. The molecule has 2 heterocycles. The Hall–Kier alpha value is -3.64. The number of H-pyrrole nitrogens is 1. The van der Waals surface area contributed by atoms with E-state index in [0.717, 1.165) is 22.2 Å². The fourth-order valence-corrected chi connectivity index (χ4v) is 5.04. The van der Waals surface area contributed by atoms with Crippen molar-refractivity contribution >= 4 is 24.9 Å². The van der Waals surface area contributed by atoms with Crippen molar-refractivity contribution in [3.63, 3.8) is 0 Å². The highest BCUT2D eigenvalue weighted by Gasteiger charge is 2.55. The van der Waals surface area contributed by atoms with E-state index in [0.29, 0.717) is 5.39 Å². The highest BCUT2D eigenvalue weighted by molar-refractivity contribution is 7.34. The minimum Gasteiger partial charge on any atom is -0.575 e. The monoisotopic (exact) mass is 605 g/mol. The first-order chi connectivity index (χ1) is 19.7. The Balaban J connectivity index is 1.55. The number of aliphatic hydroxyl groups is 1. The first kappa shape index (κ1) is 31.3. The summed E-state index contributed by atoms with van der Waals surface area (Å²) in [6.45, 7) is 8.06. The predicted molar refractivity (Wildman–Crippen MR) is 150 cm³/mol. The van der Waals surface area contributed by atoms with Crippen molar-refractivity contribution in [1.29, 1.82) is 0 Å². The molecule has 0 saturated carbocycles. The van der Waals surface area contributed by atoms with Crippen molar-refractivity contribution in [2.75, 3.05) is 13.2 Å². The zero-order chi connectivity index (χ0) is 30.8. The van der Waals surface area contributed by atoms with Crippen LogP contribution in [0.5, 0.6) is 11.5 Å². The van der Waals surface area contributed by atoms with Gasteiger partial charge in [-0.2, -0.15) is 0 Å². The SMILES string of the molecule is C[C@H](N=[P+]([O-])Oc1c(OC[C@H]2O[C@@H](n3ccc(=O)[nH]c3=O)[C@](C)(O)[C@@H]2F)ccc2ccccc12)C(=O)OCC(C)(C)C. The van der Waals surface area contributed by atoms with Crippen LogP contribution in [0, 0.1) is 5.41 Å². The molecule has 0 amide bonds. The molecule has 2 N–H and O–H groups in total. The van der Waals surface area contributed by atoms with Crippen molar-refractivity contribution in [3.05, 3.63) is 69.5 Å². The molecule has 1 saturated heterocycles. The Bertz CT molecular complexity index is 1600. The van der Waals surface area contributed by atoms with E-state index in [1.165, 1.54) is 19.9 Å². The fourth-order valence-electron chi connectivity index (χ4n) is 4.27. The molecular formula is C28H33FN3O9P. The number of benzene rings is 2. The molecule has 14 heteroatoms. The second kappa shape index (κ2) is 12.3. The number of aromatic amines is 1. The van der Waals surface area contributed by atoms with E-state index in [4.69, 9.17) is 18.7 Å². The molecule has 1 aliphatic rings. The third-order valence-electron chi connectivity index (χ3n) is 6.46. The van der Waals surface area contributed by atoms with Crippen molar-refractivity contribution in [2.45, 2.75) is 64.8 Å². The van der Waals surface area contributed by atoms with E-state index in [9.17, 15) is 24.4 Å². The van der Waals surface area contributed by atoms with E-state index < -0.39 is 62.1 Å². The van der Waals surface area contributed by atoms with Crippen LogP contribution in [0.3, 0.4) is 0 Å². The largest absolute Gasteiger partial charge is 0.575 e. The minimum atomic E-state index is -2.76. The standard InChI is InChI=1S/C28H33FN3O9P/c1-16(24(34)39-15-27(2,3)4)31-42(37)41-22-18-9-7-6-8-17(18)10-11-19(22)38-14-20-23(29)28(5,36)25(40-20)32-13-12-21(33)30-26(32)35/h6-13,16,20,23,25,36H,14-15H2,1-5H3,(H,30,33,35)/t16-,20+,23+,25+,28+/m0/s1. The quantitative estimate of drug-likeness (QED) is 0.276. The summed E-state index contributed by atoms with van der Waals surface area (Å²) in [6, 6.07) is 10.3. The van der Waals surface area contributed by atoms with Gasteiger partial charge in [0.25, 0.3) is 5.56 Å². The van der Waals surface area contributed by atoms with Crippen LogP contribution in [0.4, 0.5) is 4.39 Å². The van der Waals surface area contributed by atoms with Crippen LogP contribution in [0.2, 0.25) is 0 Å². The van der Waals surface area contributed by atoms with Gasteiger partial charge in [0.1, 0.15) is 18.3 Å². The second-order valence-corrected chi connectivity index (χ2v) is 12.3. The van der Waals surface area contributed by atoms with Crippen LogP contribution in [-0.4, -0.2) is 57.8 Å². The lowest BCUT2D eigenvalue weighted by atomic mass is 9.98. The molecule has 1 fully saturated rings. The lowest BCUT2D eigenvalue weighted by Gasteiger charge is -2.26. The van der Waals surface area contributed by atoms with Gasteiger partial charge in [-0.05, 0) is 30.7 Å². The average Bonchev–Trinajstić information content (AvgIpc) is 3.14. The van der Waals surface area contributed by atoms with E-state index in [2.05, 4.69) is 4.74 Å². The summed E-state index contributed by atoms with van der Waals surface area (Å²) in [7, 11) is -2.76. The fraction of sp³-hybridized carbons (Fsp3) is 0.464. The maximum atomic E-state index is 15.4. The topological polar surface area (TPSA) is 164 Å². The molecule has 3 aromatic rings. The van der Waals surface area contributed by atoms with Crippen LogP contribution in [0.25, 0.3) is 10.8 Å². The number of rotatable bonds is 9. The number of nitrogens with zero attached hydrogens (tertiary/aromatic N) is 2. The number of ether oxygens (including phenoxy) is 3. The molecule has 226 valence electrons. The van der Waals surface area contributed by atoms with E-state index in [1.807, 2.05) is 25.8 Å². The highest BCUT2D eigenvalue weighted by atomic mass is 31.1. The summed E-state index contributed by atoms with van der Waals surface area (Å²) in [4.78, 5) is 51.0. The summed E-state index contributed by atoms with van der Waals surface area (Å²) >= 11 is 0. The Morgan fingerprint density at radius 3 is 2.67 bits per heavy atom. The Morgan fingerprint density at radius 1 is 1.26 bits per heavy atom. The van der Waals surface area contributed by atoms with Gasteiger partial charge < -0.3 is 24.2 Å². The summed E-state index contributed by atoms with van der Waals surface area (Å²) in [6.07, 6.45) is -3.67. The first-order valence-electron chi connectivity index (χ1n) is 13.2.